The van der Waals surface area contributed by atoms with Gasteiger partial charge in [0.1, 0.15) is 11.6 Å². The first-order valence-electron chi connectivity index (χ1n) is 6.07. The second kappa shape index (κ2) is 5.92. The molecule has 0 aliphatic rings. The largest absolute Gasteiger partial charge is 0.508 e. The average molecular weight is 273 g/mol. The van der Waals surface area contributed by atoms with Crippen molar-refractivity contribution in [3.05, 3.63) is 47.7 Å². The van der Waals surface area contributed by atoms with Crippen molar-refractivity contribution < 1.29 is 15.0 Å². The number of aromatic carboxylic acids is 1. The summed E-state index contributed by atoms with van der Waals surface area (Å²) in [6.07, 6.45) is 2.11. The Morgan fingerprint density at radius 2 is 1.95 bits per heavy atom. The van der Waals surface area contributed by atoms with E-state index in [0.29, 0.717) is 18.8 Å². The fraction of sp³-hybridized carbons (Fsp3) is 0.143. The summed E-state index contributed by atoms with van der Waals surface area (Å²) in [6.45, 7) is 0.561. The van der Waals surface area contributed by atoms with E-state index >= 15 is 0 Å². The molecule has 0 aliphatic heterocycles. The molecule has 0 fully saturated rings. The summed E-state index contributed by atoms with van der Waals surface area (Å²) in [5.74, 6) is -0.489. The molecule has 20 heavy (non-hydrogen) atoms. The number of pyridine rings is 1. The third-order valence-corrected chi connectivity index (χ3v) is 2.86. The zero-order valence-corrected chi connectivity index (χ0v) is 10.7. The maximum Gasteiger partial charge on any atom is 0.337 e. The van der Waals surface area contributed by atoms with E-state index in [1.165, 1.54) is 12.3 Å². The maximum absolute atomic E-state index is 10.9. The van der Waals surface area contributed by atoms with Crippen LogP contribution in [-0.4, -0.2) is 27.7 Å². The predicted octanol–water partition coefficient (Wildman–Crippen LogP) is 1.72. The Morgan fingerprint density at radius 1 is 1.25 bits per heavy atom. The average Bonchev–Trinajstić information content (AvgIpc) is 2.42. The van der Waals surface area contributed by atoms with Gasteiger partial charge in [0.2, 0.25) is 0 Å². The van der Waals surface area contributed by atoms with E-state index in [9.17, 15) is 9.90 Å². The van der Waals surface area contributed by atoms with Crippen LogP contribution in [0, 0.1) is 0 Å². The first kappa shape index (κ1) is 13.7. The number of rotatable bonds is 5. The smallest absolute Gasteiger partial charge is 0.337 e. The zero-order valence-electron chi connectivity index (χ0n) is 10.7. The van der Waals surface area contributed by atoms with Gasteiger partial charge in [-0.1, -0.05) is 12.1 Å². The van der Waals surface area contributed by atoms with Crippen LogP contribution in [-0.2, 0) is 6.42 Å². The number of nitrogens with two attached hydrogens (primary N) is 1. The van der Waals surface area contributed by atoms with E-state index in [-0.39, 0.29) is 17.0 Å². The Balaban J connectivity index is 1.99. The summed E-state index contributed by atoms with van der Waals surface area (Å²) in [6, 6.07) is 8.24. The first-order chi connectivity index (χ1) is 9.58. The lowest BCUT2D eigenvalue weighted by molar-refractivity contribution is 0.0698. The van der Waals surface area contributed by atoms with Crippen molar-refractivity contribution in [3.63, 3.8) is 0 Å². The number of benzene rings is 1. The Kier molecular flexibility index (Phi) is 4.05. The number of carboxylic acid groups (broad SMARTS) is 1. The molecule has 0 spiro atoms. The van der Waals surface area contributed by atoms with Crippen LogP contribution >= 0.6 is 0 Å². The molecule has 6 heteroatoms. The quantitative estimate of drug-likeness (QED) is 0.660. The van der Waals surface area contributed by atoms with Crippen molar-refractivity contribution >= 4 is 17.5 Å². The van der Waals surface area contributed by atoms with Crippen LogP contribution in [0.1, 0.15) is 15.9 Å². The molecule has 0 bridgehead atoms. The van der Waals surface area contributed by atoms with E-state index in [2.05, 4.69) is 10.3 Å². The Hall–Kier alpha value is -2.76. The van der Waals surface area contributed by atoms with Crippen LogP contribution in [0.2, 0.25) is 0 Å². The lowest BCUT2D eigenvalue weighted by Crippen LogP contribution is -2.11. The summed E-state index contributed by atoms with van der Waals surface area (Å²) in [5.41, 5.74) is 6.95. The number of aromatic hydroxyl groups is 1. The number of nitrogens with one attached hydrogen (secondary N) is 1. The van der Waals surface area contributed by atoms with E-state index < -0.39 is 5.97 Å². The molecule has 104 valence electrons. The minimum absolute atomic E-state index is 0.0344. The van der Waals surface area contributed by atoms with Gasteiger partial charge in [0, 0.05) is 12.7 Å². The van der Waals surface area contributed by atoms with Crippen molar-refractivity contribution in [3.8, 4) is 5.75 Å². The number of hydrogen-bond acceptors (Lipinski definition) is 5. The fourth-order valence-corrected chi connectivity index (χ4v) is 1.79. The number of carboxylic acids is 1. The highest BCUT2D eigenvalue weighted by Gasteiger charge is 2.11. The molecule has 0 atom stereocenters. The lowest BCUT2D eigenvalue weighted by atomic mass is 10.1. The van der Waals surface area contributed by atoms with Gasteiger partial charge in [0.05, 0.1) is 11.3 Å². The van der Waals surface area contributed by atoms with E-state index in [1.54, 1.807) is 12.1 Å². The topological polar surface area (TPSA) is 108 Å². The monoisotopic (exact) mass is 273 g/mol. The molecular weight excluding hydrogens is 258 g/mol. The number of phenols is 1. The van der Waals surface area contributed by atoms with Crippen LogP contribution in [0.25, 0.3) is 0 Å². The van der Waals surface area contributed by atoms with Gasteiger partial charge < -0.3 is 21.3 Å². The van der Waals surface area contributed by atoms with Gasteiger partial charge in [0.25, 0.3) is 0 Å². The molecule has 2 aromatic rings. The minimum atomic E-state index is -1.08. The summed E-state index contributed by atoms with van der Waals surface area (Å²) in [4.78, 5) is 15.0. The number of nitrogens with zero attached hydrogens (tertiary/aromatic N) is 1. The third-order valence-electron chi connectivity index (χ3n) is 2.86. The number of aromatic nitrogens is 1. The Labute approximate surface area is 115 Å². The van der Waals surface area contributed by atoms with Gasteiger partial charge in [-0.05, 0) is 30.2 Å². The fourth-order valence-electron chi connectivity index (χ4n) is 1.79. The molecule has 0 aliphatic carbocycles. The number of nitrogen functional groups attached to an aromatic ring is 1. The van der Waals surface area contributed by atoms with Crippen molar-refractivity contribution in [2.24, 2.45) is 0 Å². The summed E-state index contributed by atoms with van der Waals surface area (Å²) in [7, 11) is 0. The minimum Gasteiger partial charge on any atom is -0.508 e. The van der Waals surface area contributed by atoms with Crippen LogP contribution in [0.5, 0.6) is 5.75 Å². The molecule has 2 rings (SSSR count). The SMILES string of the molecule is Nc1c(C(=O)O)ccnc1NCCc1ccc(O)cc1. The van der Waals surface area contributed by atoms with Gasteiger partial charge in [-0.25, -0.2) is 9.78 Å². The molecule has 1 heterocycles. The van der Waals surface area contributed by atoms with Gasteiger partial charge in [-0.2, -0.15) is 0 Å². The van der Waals surface area contributed by atoms with Crippen LogP contribution in [0.15, 0.2) is 36.5 Å². The Morgan fingerprint density at radius 3 is 2.60 bits per heavy atom. The van der Waals surface area contributed by atoms with Crippen molar-refractivity contribution in [2.45, 2.75) is 6.42 Å². The van der Waals surface area contributed by atoms with Crippen LogP contribution < -0.4 is 11.1 Å². The highest BCUT2D eigenvalue weighted by atomic mass is 16.4. The molecular formula is C14H15N3O3. The molecule has 1 aromatic carbocycles. The molecule has 0 amide bonds. The zero-order chi connectivity index (χ0) is 14.5. The Bertz CT molecular complexity index is 612. The first-order valence-corrected chi connectivity index (χ1v) is 6.07. The van der Waals surface area contributed by atoms with E-state index in [0.717, 1.165) is 5.56 Å². The van der Waals surface area contributed by atoms with Crippen molar-refractivity contribution in [1.29, 1.82) is 0 Å². The van der Waals surface area contributed by atoms with Gasteiger partial charge >= 0.3 is 5.97 Å². The van der Waals surface area contributed by atoms with Crippen LogP contribution in [0.4, 0.5) is 11.5 Å². The van der Waals surface area contributed by atoms with Gasteiger partial charge in [-0.3, -0.25) is 0 Å². The number of carbonyl (C=O) groups is 1. The highest BCUT2D eigenvalue weighted by Crippen LogP contribution is 2.19. The number of anilines is 2. The van der Waals surface area contributed by atoms with Crippen LogP contribution in [0.3, 0.4) is 0 Å². The normalized spacial score (nSPS) is 10.2. The molecule has 6 nitrogen and oxygen atoms in total. The van der Waals surface area contributed by atoms with Crippen molar-refractivity contribution in [2.75, 3.05) is 17.6 Å². The van der Waals surface area contributed by atoms with Gasteiger partial charge in [-0.15, -0.1) is 0 Å². The van der Waals surface area contributed by atoms with E-state index in [4.69, 9.17) is 10.8 Å². The molecule has 0 saturated carbocycles. The van der Waals surface area contributed by atoms with E-state index in [1.807, 2.05) is 12.1 Å². The summed E-state index contributed by atoms with van der Waals surface area (Å²) in [5, 5.41) is 21.2. The summed E-state index contributed by atoms with van der Waals surface area (Å²) >= 11 is 0. The van der Waals surface area contributed by atoms with Gasteiger partial charge in [0.15, 0.2) is 0 Å². The second-order valence-electron chi connectivity index (χ2n) is 4.27. The van der Waals surface area contributed by atoms with Crippen molar-refractivity contribution in [1.82, 2.24) is 4.98 Å². The third kappa shape index (κ3) is 3.17. The lowest BCUT2D eigenvalue weighted by Gasteiger charge is -2.10. The number of phenolic OH excluding ortho intramolecular Hbond substituents is 1. The maximum atomic E-state index is 10.9. The summed E-state index contributed by atoms with van der Waals surface area (Å²) < 4.78 is 0. The molecule has 0 saturated heterocycles. The highest BCUT2D eigenvalue weighted by molar-refractivity contribution is 5.96. The molecule has 0 radical (unpaired) electrons. The molecule has 1 aromatic heterocycles. The standard InChI is InChI=1S/C14H15N3O3/c15-12-11(14(19)20)6-8-17-13(12)16-7-5-9-1-3-10(18)4-2-9/h1-4,6,8,18H,5,7,15H2,(H,16,17)(H,19,20). The second-order valence-corrected chi connectivity index (χ2v) is 4.27. The molecule has 0 unspecified atom stereocenters. The molecule has 5 N–H and O–H groups in total. The predicted molar refractivity (Wildman–Crippen MR) is 75.9 cm³/mol. The number of hydrogen-bond donors (Lipinski definition) is 4.